The van der Waals surface area contributed by atoms with Crippen LogP contribution in [0.5, 0.6) is 0 Å². The number of amidine groups is 1. The molecule has 1 N–H and O–H groups in total. The summed E-state index contributed by atoms with van der Waals surface area (Å²) in [5, 5.41) is 20.2. The summed E-state index contributed by atoms with van der Waals surface area (Å²) in [6, 6.07) is 15.2. The van der Waals surface area contributed by atoms with Crippen molar-refractivity contribution in [2.24, 2.45) is 4.99 Å². The van der Waals surface area contributed by atoms with Crippen molar-refractivity contribution in [3.8, 4) is 12.1 Å². The van der Waals surface area contributed by atoms with E-state index < -0.39 is 51.9 Å². The Hall–Kier alpha value is -4.60. The van der Waals surface area contributed by atoms with Crippen LogP contribution >= 0.6 is 24.4 Å². The van der Waals surface area contributed by atoms with Gasteiger partial charge < -0.3 is 10.2 Å². The lowest BCUT2D eigenvalue weighted by atomic mass is 10.00. The van der Waals surface area contributed by atoms with Crippen molar-refractivity contribution in [3.05, 3.63) is 88.5 Å². The van der Waals surface area contributed by atoms with Gasteiger partial charge in [0, 0.05) is 11.4 Å². The minimum Gasteiger partial charge on any atom is -0.331 e. The lowest BCUT2D eigenvalue weighted by molar-refractivity contribution is -0.138. The Morgan fingerprint density at radius 3 is 1.93 bits per heavy atom. The Morgan fingerprint density at radius 1 is 0.886 bits per heavy atom. The van der Waals surface area contributed by atoms with Crippen molar-refractivity contribution in [2.45, 2.75) is 31.7 Å². The average molecular weight is 649 g/mol. The summed E-state index contributed by atoms with van der Waals surface area (Å²) in [5.74, 6) is -0.273. The first-order valence-electron chi connectivity index (χ1n) is 12.4. The van der Waals surface area contributed by atoms with Gasteiger partial charge in [-0.2, -0.15) is 36.9 Å². The highest BCUT2D eigenvalue weighted by Crippen LogP contribution is 2.41. The Balaban J connectivity index is 1.89. The molecular weight excluding hydrogens is 629 g/mol. The second-order valence-electron chi connectivity index (χ2n) is 9.77. The van der Waals surface area contributed by atoms with Gasteiger partial charge in [-0.3, -0.25) is 4.90 Å². The number of hydrogen-bond acceptors (Lipinski definition) is 4. The molecule has 1 atom stereocenters. The maximum Gasteiger partial charge on any atom is 0.417 e. The van der Waals surface area contributed by atoms with Gasteiger partial charge in [-0.15, -0.1) is 0 Å². The molecular formula is C29H19F7N6S2. The van der Waals surface area contributed by atoms with E-state index >= 15 is 4.39 Å². The Bertz CT molecular complexity index is 1750. The standard InChI is InChI=1S/C29H19F7N6S2/c1-16-3-8-20(9-4-16)42-26(44)41(21-10-6-18(14-38)23(12-21)29(34,35)36)24(27(42,2)15-30)40-25(43)39-19-7-5-17(13-37)22(11-19)28(31,32)33/h3-12H,15H2,1-2H3,(H,39,43)/b40-24+. The summed E-state index contributed by atoms with van der Waals surface area (Å²) in [4.78, 5) is 6.68. The molecule has 1 heterocycles. The molecule has 1 aliphatic rings. The number of thiocarbonyl (C=S) groups is 2. The molecule has 0 spiro atoms. The van der Waals surface area contributed by atoms with E-state index in [0.29, 0.717) is 17.8 Å². The zero-order chi connectivity index (χ0) is 32.6. The molecule has 0 amide bonds. The second kappa shape index (κ2) is 11.8. The number of aryl methyl sites for hydroxylation is 1. The normalized spacial score (nSPS) is 17.9. The van der Waals surface area contributed by atoms with Crippen molar-refractivity contribution < 1.29 is 30.7 Å². The number of hydrogen-bond donors (Lipinski definition) is 1. The molecule has 4 rings (SSSR count). The quantitative estimate of drug-likeness (QED) is 0.228. The van der Waals surface area contributed by atoms with Gasteiger partial charge in [-0.1, -0.05) is 17.7 Å². The number of nitriles is 2. The first-order chi connectivity index (χ1) is 20.5. The number of anilines is 3. The van der Waals surface area contributed by atoms with Gasteiger partial charge in [0.2, 0.25) is 0 Å². The predicted molar refractivity (Wildman–Crippen MR) is 159 cm³/mol. The van der Waals surface area contributed by atoms with Crippen LogP contribution in [0.15, 0.2) is 65.7 Å². The summed E-state index contributed by atoms with van der Waals surface area (Å²) in [5.41, 5.74) is -4.73. The fourth-order valence-electron chi connectivity index (χ4n) is 4.56. The number of aliphatic imine (C=N–C) groups is 1. The minimum absolute atomic E-state index is 0.175. The third-order valence-corrected chi connectivity index (χ3v) is 7.27. The summed E-state index contributed by atoms with van der Waals surface area (Å²) in [6.07, 6.45) is -9.79. The molecule has 1 unspecified atom stereocenters. The van der Waals surface area contributed by atoms with E-state index in [1.165, 1.54) is 30.0 Å². The van der Waals surface area contributed by atoms with E-state index in [2.05, 4.69) is 10.3 Å². The number of benzene rings is 3. The van der Waals surface area contributed by atoms with Crippen LogP contribution in [0, 0.1) is 29.6 Å². The topological polar surface area (TPSA) is 78.4 Å². The highest BCUT2D eigenvalue weighted by molar-refractivity contribution is 7.81. The van der Waals surface area contributed by atoms with Gasteiger partial charge in [-0.05, 0) is 86.8 Å². The summed E-state index contributed by atoms with van der Waals surface area (Å²) in [7, 11) is 0. The van der Waals surface area contributed by atoms with E-state index in [1.54, 1.807) is 24.3 Å². The smallest absolute Gasteiger partial charge is 0.331 e. The molecule has 226 valence electrons. The maximum atomic E-state index is 15.1. The largest absolute Gasteiger partial charge is 0.417 e. The van der Waals surface area contributed by atoms with Gasteiger partial charge in [0.25, 0.3) is 0 Å². The maximum absolute atomic E-state index is 15.1. The number of rotatable bonds is 4. The van der Waals surface area contributed by atoms with Crippen LogP contribution < -0.4 is 15.1 Å². The Kier molecular flexibility index (Phi) is 8.68. The molecule has 44 heavy (non-hydrogen) atoms. The summed E-state index contributed by atoms with van der Waals surface area (Å²) in [6.45, 7) is 2.03. The zero-order valence-corrected chi connectivity index (χ0v) is 24.3. The van der Waals surface area contributed by atoms with Gasteiger partial charge >= 0.3 is 12.4 Å². The summed E-state index contributed by atoms with van der Waals surface area (Å²) >= 11 is 10.9. The monoisotopic (exact) mass is 648 g/mol. The molecule has 3 aromatic rings. The number of alkyl halides is 7. The highest BCUT2D eigenvalue weighted by atomic mass is 32.1. The van der Waals surface area contributed by atoms with Crippen LogP contribution in [-0.2, 0) is 12.4 Å². The molecule has 0 aliphatic carbocycles. The van der Waals surface area contributed by atoms with E-state index in [0.717, 1.165) is 28.7 Å². The van der Waals surface area contributed by atoms with Crippen molar-refractivity contribution in [1.29, 1.82) is 10.5 Å². The van der Waals surface area contributed by atoms with E-state index in [9.17, 15) is 31.6 Å². The van der Waals surface area contributed by atoms with Crippen molar-refractivity contribution in [3.63, 3.8) is 0 Å². The number of nitrogens with one attached hydrogen (secondary N) is 1. The molecule has 0 saturated carbocycles. The van der Waals surface area contributed by atoms with Crippen LogP contribution in [0.1, 0.15) is 34.7 Å². The van der Waals surface area contributed by atoms with Crippen LogP contribution in [-0.4, -0.2) is 28.3 Å². The first-order valence-corrected chi connectivity index (χ1v) is 13.3. The zero-order valence-electron chi connectivity index (χ0n) is 22.7. The van der Waals surface area contributed by atoms with Gasteiger partial charge in [-0.25, -0.2) is 9.38 Å². The minimum atomic E-state index is -4.93. The van der Waals surface area contributed by atoms with Crippen molar-refractivity contribution in [2.75, 3.05) is 21.8 Å². The third-order valence-electron chi connectivity index (χ3n) is 6.71. The van der Waals surface area contributed by atoms with Crippen LogP contribution in [0.4, 0.5) is 47.8 Å². The molecule has 15 heteroatoms. The fourth-order valence-corrected chi connectivity index (χ4v) is 5.26. The third kappa shape index (κ3) is 6.06. The molecule has 0 aromatic heterocycles. The van der Waals surface area contributed by atoms with Gasteiger partial charge in [0.05, 0.1) is 40.1 Å². The van der Waals surface area contributed by atoms with Gasteiger partial charge in [0.15, 0.2) is 10.2 Å². The van der Waals surface area contributed by atoms with Crippen molar-refractivity contribution >= 4 is 57.6 Å². The molecule has 3 aromatic carbocycles. The Morgan fingerprint density at radius 2 is 1.41 bits per heavy atom. The van der Waals surface area contributed by atoms with Gasteiger partial charge in [0.1, 0.15) is 18.0 Å². The lowest BCUT2D eigenvalue weighted by Gasteiger charge is -2.32. The Labute approximate surface area is 257 Å². The highest BCUT2D eigenvalue weighted by Gasteiger charge is 2.52. The molecule has 1 fully saturated rings. The van der Waals surface area contributed by atoms with E-state index in [4.69, 9.17) is 29.7 Å². The van der Waals surface area contributed by atoms with E-state index in [-0.39, 0.29) is 22.3 Å². The first kappa shape index (κ1) is 32.3. The van der Waals surface area contributed by atoms with Crippen molar-refractivity contribution in [1.82, 2.24) is 0 Å². The lowest BCUT2D eigenvalue weighted by Crippen LogP contribution is -2.49. The molecule has 0 radical (unpaired) electrons. The van der Waals surface area contributed by atoms with Crippen LogP contribution in [0.3, 0.4) is 0 Å². The predicted octanol–water partition coefficient (Wildman–Crippen LogP) is 7.91. The van der Waals surface area contributed by atoms with Crippen LogP contribution in [0.25, 0.3) is 0 Å². The molecule has 0 bridgehead atoms. The second-order valence-corrected chi connectivity index (χ2v) is 10.5. The van der Waals surface area contributed by atoms with Crippen LogP contribution in [0.2, 0.25) is 0 Å². The summed E-state index contributed by atoms with van der Waals surface area (Å²) < 4.78 is 97.2. The fraction of sp³-hybridized carbons (Fsp3) is 0.207. The number of halogens is 7. The van der Waals surface area contributed by atoms with E-state index in [1.807, 2.05) is 6.92 Å². The molecule has 1 aliphatic heterocycles. The number of nitrogens with zero attached hydrogens (tertiary/aromatic N) is 5. The molecule has 6 nitrogen and oxygen atoms in total. The SMILES string of the molecule is Cc1ccc(N2C(=S)N(c3ccc(C#N)c(C(F)(F)F)c3)/C(=N/C(=S)Nc3ccc(C#N)c(C(F)(F)F)c3)C2(C)CF)cc1. The average Bonchev–Trinajstić information content (AvgIpc) is 3.18. The molecule has 1 saturated heterocycles.